The van der Waals surface area contributed by atoms with E-state index >= 15 is 0 Å². The van der Waals surface area contributed by atoms with Gasteiger partial charge < -0.3 is 14.5 Å². The summed E-state index contributed by atoms with van der Waals surface area (Å²) in [5.41, 5.74) is 1.21. The number of fused-ring (bicyclic) bond motifs is 1. The lowest BCUT2D eigenvalue weighted by Gasteiger charge is -2.12. The van der Waals surface area contributed by atoms with Crippen LogP contribution in [0.1, 0.15) is 17.3 Å². The number of pyridine rings is 1. The minimum Gasteiger partial charge on any atom is -0.497 e. The molecule has 0 radical (unpaired) electrons. The van der Waals surface area contributed by atoms with Crippen molar-refractivity contribution < 1.29 is 14.3 Å². The van der Waals surface area contributed by atoms with Crippen LogP contribution in [-0.2, 0) is 4.74 Å². The maximum absolute atomic E-state index is 12.9. The molecular weight excluding hydrogens is 342 g/mol. The molecule has 1 N–H and O–H groups in total. The van der Waals surface area contributed by atoms with E-state index in [4.69, 9.17) is 21.1 Å². The number of ether oxygens (including phenoxy) is 2. The van der Waals surface area contributed by atoms with Gasteiger partial charge in [-0.1, -0.05) is 23.7 Å². The number of benzene rings is 2. The van der Waals surface area contributed by atoms with Crippen molar-refractivity contribution in [2.75, 3.05) is 13.7 Å². The molecule has 0 unspecified atom stereocenters. The molecule has 2 aromatic carbocycles. The van der Waals surface area contributed by atoms with E-state index in [-0.39, 0.29) is 17.6 Å². The maximum Gasteiger partial charge on any atom is 0.344 e. The fraction of sp³-hybridized carbons (Fsp3) is 0.158. The van der Waals surface area contributed by atoms with Gasteiger partial charge in [-0.3, -0.25) is 4.79 Å². The van der Waals surface area contributed by atoms with Gasteiger partial charge in [-0.05, 0) is 36.8 Å². The second-order valence-corrected chi connectivity index (χ2v) is 5.78. The topological polar surface area (TPSA) is 68.4 Å². The quantitative estimate of drug-likeness (QED) is 0.716. The third kappa shape index (κ3) is 3.23. The molecule has 0 atom stereocenters. The number of rotatable bonds is 4. The van der Waals surface area contributed by atoms with E-state index < -0.39 is 5.97 Å². The summed E-state index contributed by atoms with van der Waals surface area (Å²) in [7, 11) is 1.55. The highest BCUT2D eigenvalue weighted by molar-refractivity contribution is 6.30. The highest BCUT2D eigenvalue weighted by Crippen LogP contribution is 2.26. The molecule has 128 valence electrons. The van der Waals surface area contributed by atoms with Gasteiger partial charge in [0.1, 0.15) is 11.3 Å². The van der Waals surface area contributed by atoms with Crippen molar-refractivity contribution in [3.8, 4) is 17.0 Å². The molecule has 3 rings (SSSR count). The molecule has 1 heterocycles. The van der Waals surface area contributed by atoms with Gasteiger partial charge in [-0.25, -0.2) is 4.79 Å². The molecule has 6 heteroatoms. The third-order valence-electron chi connectivity index (χ3n) is 3.82. The summed E-state index contributed by atoms with van der Waals surface area (Å²) in [6, 6.07) is 11.9. The summed E-state index contributed by atoms with van der Waals surface area (Å²) in [5, 5.41) is 0.952. The maximum atomic E-state index is 12.9. The second kappa shape index (κ2) is 6.99. The third-order valence-corrected chi connectivity index (χ3v) is 4.07. The number of carbonyl (C=O) groups is 1. The van der Waals surface area contributed by atoms with Crippen LogP contribution in [0.2, 0.25) is 5.02 Å². The fourth-order valence-corrected chi connectivity index (χ4v) is 2.75. The summed E-state index contributed by atoms with van der Waals surface area (Å²) in [6.07, 6.45) is 0. The number of carbonyl (C=O) groups excluding carboxylic acids is 1. The average molecular weight is 358 g/mol. The Hall–Kier alpha value is -2.79. The zero-order valence-corrected chi connectivity index (χ0v) is 14.5. The molecule has 0 aliphatic rings. The van der Waals surface area contributed by atoms with Crippen molar-refractivity contribution in [3.63, 3.8) is 0 Å². The molecule has 25 heavy (non-hydrogen) atoms. The van der Waals surface area contributed by atoms with Crippen LogP contribution in [0, 0.1) is 0 Å². The lowest BCUT2D eigenvalue weighted by Crippen LogP contribution is -2.20. The van der Waals surface area contributed by atoms with Crippen LogP contribution < -0.4 is 10.2 Å². The average Bonchev–Trinajstić information content (AvgIpc) is 2.61. The Kier molecular flexibility index (Phi) is 4.76. The van der Waals surface area contributed by atoms with Gasteiger partial charge in [0.25, 0.3) is 0 Å². The number of halogens is 1. The Morgan fingerprint density at radius 3 is 2.52 bits per heavy atom. The van der Waals surface area contributed by atoms with Crippen molar-refractivity contribution in [2.45, 2.75) is 6.92 Å². The van der Waals surface area contributed by atoms with Crippen molar-refractivity contribution in [2.24, 2.45) is 0 Å². The van der Waals surface area contributed by atoms with Crippen LogP contribution >= 0.6 is 11.6 Å². The standard InChI is InChI=1S/C19H16ClNO4/c1-3-25-19(23)16-17(11-4-6-12(20)7-5-11)21-15-10-13(24-2)8-9-14(15)18(16)22/h4-10H,3H2,1-2H3,(H,21,22). The van der Waals surface area contributed by atoms with E-state index in [1.54, 1.807) is 56.5 Å². The number of hydrogen-bond donors (Lipinski definition) is 1. The minimum absolute atomic E-state index is 0.0261. The van der Waals surface area contributed by atoms with Gasteiger partial charge in [0, 0.05) is 16.5 Å². The van der Waals surface area contributed by atoms with E-state index in [1.165, 1.54) is 0 Å². The number of H-pyrrole nitrogens is 1. The highest BCUT2D eigenvalue weighted by Gasteiger charge is 2.21. The predicted octanol–water partition coefficient (Wildman–Crippen LogP) is 4.03. The Morgan fingerprint density at radius 2 is 1.88 bits per heavy atom. The smallest absolute Gasteiger partial charge is 0.344 e. The van der Waals surface area contributed by atoms with Crippen LogP contribution in [0.25, 0.3) is 22.2 Å². The summed E-state index contributed by atoms with van der Waals surface area (Å²) in [4.78, 5) is 28.5. The lowest BCUT2D eigenvalue weighted by molar-refractivity contribution is 0.0525. The lowest BCUT2D eigenvalue weighted by atomic mass is 10.0. The first-order valence-corrected chi connectivity index (χ1v) is 8.10. The van der Waals surface area contributed by atoms with Crippen molar-refractivity contribution in [1.29, 1.82) is 0 Å². The molecule has 0 fully saturated rings. The Balaban J connectivity index is 2.34. The molecule has 1 aromatic heterocycles. The minimum atomic E-state index is -0.661. The van der Waals surface area contributed by atoms with E-state index in [9.17, 15) is 9.59 Å². The molecule has 0 aliphatic carbocycles. The van der Waals surface area contributed by atoms with E-state index in [0.29, 0.717) is 32.9 Å². The van der Waals surface area contributed by atoms with Gasteiger partial charge in [-0.2, -0.15) is 0 Å². The van der Waals surface area contributed by atoms with Crippen molar-refractivity contribution in [1.82, 2.24) is 4.98 Å². The summed E-state index contributed by atoms with van der Waals surface area (Å²) in [6.45, 7) is 1.87. The SMILES string of the molecule is CCOC(=O)c1c(-c2ccc(Cl)cc2)[nH]c2cc(OC)ccc2c1=O. The molecule has 3 aromatic rings. The van der Waals surface area contributed by atoms with Crippen LogP contribution in [0.4, 0.5) is 0 Å². The zero-order chi connectivity index (χ0) is 18.0. The monoisotopic (exact) mass is 357 g/mol. The van der Waals surface area contributed by atoms with Gasteiger partial charge in [0.05, 0.1) is 24.9 Å². The molecule has 0 bridgehead atoms. The summed E-state index contributed by atoms with van der Waals surface area (Å²) in [5.74, 6) is -0.0551. The molecule has 0 saturated heterocycles. The normalized spacial score (nSPS) is 10.7. The Labute approximate surface area is 149 Å². The predicted molar refractivity (Wildman–Crippen MR) is 97.5 cm³/mol. The molecule has 5 nitrogen and oxygen atoms in total. The Morgan fingerprint density at radius 1 is 1.16 bits per heavy atom. The highest BCUT2D eigenvalue weighted by atomic mass is 35.5. The van der Waals surface area contributed by atoms with E-state index in [0.717, 1.165) is 0 Å². The number of aromatic amines is 1. The van der Waals surface area contributed by atoms with Gasteiger partial charge in [0.15, 0.2) is 0 Å². The van der Waals surface area contributed by atoms with E-state index in [2.05, 4.69) is 4.98 Å². The number of methoxy groups -OCH3 is 1. The molecular formula is C19H16ClNO4. The van der Waals surface area contributed by atoms with Crippen molar-refractivity contribution in [3.05, 3.63) is 63.3 Å². The zero-order valence-electron chi connectivity index (χ0n) is 13.8. The number of aromatic nitrogens is 1. The van der Waals surface area contributed by atoms with Crippen LogP contribution in [0.5, 0.6) is 5.75 Å². The Bertz CT molecular complexity index is 993. The van der Waals surface area contributed by atoms with Gasteiger partial charge in [-0.15, -0.1) is 0 Å². The van der Waals surface area contributed by atoms with Gasteiger partial charge >= 0.3 is 5.97 Å². The number of esters is 1. The molecule has 0 aliphatic heterocycles. The number of nitrogens with one attached hydrogen (secondary N) is 1. The van der Waals surface area contributed by atoms with Crippen LogP contribution in [-0.4, -0.2) is 24.7 Å². The molecule has 0 amide bonds. The van der Waals surface area contributed by atoms with Crippen LogP contribution in [0.3, 0.4) is 0 Å². The van der Waals surface area contributed by atoms with Gasteiger partial charge in [0.2, 0.25) is 5.43 Å². The largest absolute Gasteiger partial charge is 0.497 e. The number of hydrogen-bond acceptors (Lipinski definition) is 4. The molecule has 0 saturated carbocycles. The van der Waals surface area contributed by atoms with Crippen LogP contribution in [0.15, 0.2) is 47.3 Å². The van der Waals surface area contributed by atoms with Crippen molar-refractivity contribution >= 4 is 28.5 Å². The fourth-order valence-electron chi connectivity index (χ4n) is 2.63. The first kappa shape index (κ1) is 17.0. The first-order chi connectivity index (χ1) is 12.0. The summed E-state index contributed by atoms with van der Waals surface area (Å²) >= 11 is 5.94. The summed E-state index contributed by atoms with van der Waals surface area (Å²) < 4.78 is 10.3. The second-order valence-electron chi connectivity index (χ2n) is 5.34. The molecule has 0 spiro atoms. The van der Waals surface area contributed by atoms with E-state index in [1.807, 2.05) is 0 Å². The first-order valence-electron chi connectivity index (χ1n) is 7.72.